The largest absolute Gasteiger partial charge is 0.399 e. The minimum atomic E-state index is -1.61. The third-order valence-electron chi connectivity index (χ3n) is 2.48. The summed E-state index contributed by atoms with van der Waals surface area (Å²) in [7, 11) is -1.61. The van der Waals surface area contributed by atoms with Crippen LogP contribution in [0.25, 0.3) is 0 Å². The smallest absolute Gasteiger partial charge is 0.142 e. The molecule has 0 spiro atoms. The number of hydrogen-bond donors (Lipinski definition) is 1. The fourth-order valence-electron chi connectivity index (χ4n) is 1.56. The maximum absolute atomic E-state index is 13.6. The second-order valence-electron chi connectivity index (χ2n) is 3.93. The number of benzene rings is 2. The van der Waals surface area contributed by atoms with Crippen molar-refractivity contribution in [1.82, 2.24) is 0 Å². The summed E-state index contributed by atoms with van der Waals surface area (Å²) in [4.78, 5) is 0.0459. The van der Waals surface area contributed by atoms with Crippen molar-refractivity contribution in [2.24, 2.45) is 0 Å². The molecule has 6 heteroatoms. The van der Waals surface area contributed by atoms with E-state index in [0.717, 1.165) is 6.07 Å². The molecular weight excluding hydrogens is 292 g/mol. The summed E-state index contributed by atoms with van der Waals surface area (Å²) in [5, 5.41) is -0.00630. The molecule has 0 aliphatic heterocycles. The lowest BCUT2D eigenvalue weighted by Crippen LogP contribution is -2.01. The van der Waals surface area contributed by atoms with Gasteiger partial charge in [0.15, 0.2) is 0 Å². The minimum absolute atomic E-state index is 0.00630. The zero-order valence-corrected chi connectivity index (χ0v) is 11.3. The number of halogens is 3. The molecule has 0 saturated heterocycles. The van der Waals surface area contributed by atoms with E-state index in [1.165, 1.54) is 24.3 Å². The Hall–Kier alpha value is -1.46. The Labute approximate surface area is 116 Å². The molecule has 0 fully saturated rings. The van der Waals surface area contributed by atoms with Crippen LogP contribution in [0.3, 0.4) is 0 Å². The molecule has 2 nitrogen and oxygen atoms in total. The molecule has 0 bridgehead atoms. The zero-order valence-electron chi connectivity index (χ0n) is 9.70. The Bertz CT molecular complexity index is 649. The molecule has 0 saturated carbocycles. The lowest BCUT2D eigenvalue weighted by atomic mass is 10.2. The fourth-order valence-corrected chi connectivity index (χ4v) is 2.81. The summed E-state index contributed by atoms with van der Waals surface area (Å²) < 4.78 is 38.8. The van der Waals surface area contributed by atoms with Gasteiger partial charge >= 0.3 is 0 Å². The van der Waals surface area contributed by atoms with E-state index in [1.807, 2.05) is 0 Å². The number of anilines is 1. The van der Waals surface area contributed by atoms with Gasteiger partial charge in [-0.2, -0.15) is 0 Å². The van der Waals surface area contributed by atoms with Gasteiger partial charge in [0, 0.05) is 5.69 Å². The van der Waals surface area contributed by atoms with Gasteiger partial charge in [-0.1, -0.05) is 17.7 Å². The van der Waals surface area contributed by atoms with E-state index in [4.69, 9.17) is 17.3 Å². The van der Waals surface area contributed by atoms with Crippen LogP contribution in [0.15, 0.2) is 41.3 Å². The van der Waals surface area contributed by atoms with Crippen LogP contribution in [-0.2, 0) is 16.6 Å². The predicted molar refractivity (Wildman–Crippen MR) is 72.3 cm³/mol. The Morgan fingerprint density at radius 1 is 1.11 bits per heavy atom. The number of rotatable bonds is 3. The van der Waals surface area contributed by atoms with Gasteiger partial charge in [0.25, 0.3) is 0 Å². The monoisotopic (exact) mass is 301 g/mol. The van der Waals surface area contributed by atoms with Crippen molar-refractivity contribution in [3.05, 3.63) is 58.6 Å². The SMILES string of the molecule is Nc1ccc(S(=O)Cc2ccc(Cl)c(F)c2)c(F)c1. The highest BCUT2D eigenvalue weighted by molar-refractivity contribution is 7.84. The second kappa shape index (κ2) is 5.67. The first-order valence-corrected chi connectivity index (χ1v) is 7.04. The normalized spacial score (nSPS) is 12.4. The first-order chi connectivity index (χ1) is 8.97. The molecule has 2 rings (SSSR count). The molecule has 1 unspecified atom stereocenters. The van der Waals surface area contributed by atoms with E-state index in [0.29, 0.717) is 5.56 Å². The fraction of sp³-hybridized carbons (Fsp3) is 0.0769. The Morgan fingerprint density at radius 2 is 1.84 bits per heavy atom. The van der Waals surface area contributed by atoms with Gasteiger partial charge in [0.2, 0.25) is 0 Å². The summed E-state index contributed by atoms with van der Waals surface area (Å²) in [6.45, 7) is 0. The molecule has 0 aliphatic carbocycles. The van der Waals surface area contributed by atoms with Crippen LogP contribution in [0.2, 0.25) is 5.02 Å². The number of hydrogen-bond acceptors (Lipinski definition) is 2. The van der Waals surface area contributed by atoms with Crippen molar-refractivity contribution in [2.75, 3.05) is 5.73 Å². The van der Waals surface area contributed by atoms with E-state index in [2.05, 4.69) is 0 Å². The lowest BCUT2D eigenvalue weighted by molar-refractivity contribution is 0.596. The van der Waals surface area contributed by atoms with Gasteiger partial charge in [0.1, 0.15) is 11.6 Å². The maximum atomic E-state index is 13.6. The summed E-state index contributed by atoms with van der Waals surface area (Å²) in [6.07, 6.45) is 0. The van der Waals surface area contributed by atoms with Crippen LogP contribution < -0.4 is 5.73 Å². The van der Waals surface area contributed by atoms with Gasteiger partial charge in [-0.05, 0) is 35.9 Å². The Kier molecular flexibility index (Phi) is 4.17. The molecule has 0 radical (unpaired) electrons. The third-order valence-corrected chi connectivity index (χ3v) is 4.21. The Morgan fingerprint density at radius 3 is 2.47 bits per heavy atom. The van der Waals surface area contributed by atoms with E-state index in [1.54, 1.807) is 6.07 Å². The summed E-state index contributed by atoms with van der Waals surface area (Å²) >= 11 is 5.55. The molecule has 19 heavy (non-hydrogen) atoms. The van der Waals surface area contributed by atoms with Gasteiger partial charge < -0.3 is 5.73 Å². The summed E-state index contributed by atoms with van der Waals surface area (Å²) in [5.41, 5.74) is 6.16. The standard InChI is InChI=1S/C13H10ClF2NOS/c14-10-3-1-8(5-11(10)15)7-19(18)13-4-2-9(17)6-12(13)16/h1-6H,7,17H2. The topological polar surface area (TPSA) is 43.1 Å². The number of nitrogen functional groups attached to an aromatic ring is 1. The molecule has 0 amide bonds. The lowest BCUT2D eigenvalue weighted by Gasteiger charge is -2.05. The van der Waals surface area contributed by atoms with E-state index >= 15 is 0 Å². The Balaban J connectivity index is 2.23. The molecule has 0 aromatic heterocycles. The van der Waals surface area contributed by atoms with Crippen LogP contribution in [-0.4, -0.2) is 4.21 Å². The molecule has 2 N–H and O–H groups in total. The second-order valence-corrected chi connectivity index (χ2v) is 5.75. The predicted octanol–water partition coefficient (Wildman–Crippen LogP) is 3.51. The van der Waals surface area contributed by atoms with Crippen molar-refractivity contribution in [1.29, 1.82) is 0 Å². The molecule has 2 aromatic carbocycles. The van der Waals surface area contributed by atoms with Crippen LogP contribution in [0.4, 0.5) is 14.5 Å². The van der Waals surface area contributed by atoms with Crippen LogP contribution in [0, 0.1) is 11.6 Å². The molecular formula is C13H10ClF2NOS. The summed E-state index contributed by atoms with van der Waals surface area (Å²) in [6, 6.07) is 8.07. The minimum Gasteiger partial charge on any atom is -0.399 e. The van der Waals surface area contributed by atoms with Gasteiger partial charge in [-0.25, -0.2) is 8.78 Å². The van der Waals surface area contributed by atoms with Crippen molar-refractivity contribution in [2.45, 2.75) is 10.6 Å². The van der Waals surface area contributed by atoms with Gasteiger partial charge in [-0.15, -0.1) is 0 Å². The molecule has 0 aliphatic rings. The highest BCUT2D eigenvalue weighted by Gasteiger charge is 2.12. The van der Waals surface area contributed by atoms with Crippen LogP contribution in [0.1, 0.15) is 5.56 Å². The maximum Gasteiger partial charge on any atom is 0.142 e. The average Bonchev–Trinajstić information content (AvgIpc) is 2.33. The van der Waals surface area contributed by atoms with Crippen molar-refractivity contribution in [3.63, 3.8) is 0 Å². The van der Waals surface area contributed by atoms with Crippen LogP contribution >= 0.6 is 11.6 Å². The van der Waals surface area contributed by atoms with Gasteiger partial charge in [0.05, 0.1) is 26.5 Å². The zero-order chi connectivity index (χ0) is 14.0. The molecule has 100 valence electrons. The third kappa shape index (κ3) is 3.30. The van der Waals surface area contributed by atoms with Crippen molar-refractivity contribution in [3.8, 4) is 0 Å². The van der Waals surface area contributed by atoms with E-state index in [-0.39, 0.29) is 21.4 Å². The highest BCUT2D eigenvalue weighted by atomic mass is 35.5. The average molecular weight is 302 g/mol. The van der Waals surface area contributed by atoms with E-state index in [9.17, 15) is 13.0 Å². The highest BCUT2D eigenvalue weighted by Crippen LogP contribution is 2.21. The first kappa shape index (κ1) is 14.0. The first-order valence-electron chi connectivity index (χ1n) is 5.34. The van der Waals surface area contributed by atoms with Gasteiger partial charge in [-0.3, -0.25) is 4.21 Å². The van der Waals surface area contributed by atoms with E-state index < -0.39 is 22.4 Å². The number of nitrogens with two attached hydrogens (primary N) is 1. The molecule has 0 heterocycles. The van der Waals surface area contributed by atoms with Crippen molar-refractivity contribution >= 4 is 28.1 Å². The molecule has 2 aromatic rings. The van der Waals surface area contributed by atoms with Crippen LogP contribution in [0.5, 0.6) is 0 Å². The van der Waals surface area contributed by atoms with Crippen molar-refractivity contribution < 1.29 is 13.0 Å². The summed E-state index contributed by atoms with van der Waals surface area (Å²) in [5.74, 6) is -1.21. The quantitative estimate of drug-likeness (QED) is 0.882. The molecule has 1 atom stereocenters.